The maximum atomic E-state index is 5.70. The molecule has 3 nitrogen and oxygen atoms in total. The van der Waals surface area contributed by atoms with Crippen molar-refractivity contribution < 1.29 is 14.2 Å². The van der Waals surface area contributed by atoms with Gasteiger partial charge in [0, 0.05) is 0 Å². The molecule has 102 valence electrons. The first kappa shape index (κ1) is 12.8. The van der Waals surface area contributed by atoms with Gasteiger partial charge in [-0.25, -0.2) is 0 Å². The van der Waals surface area contributed by atoms with E-state index >= 15 is 0 Å². The van der Waals surface area contributed by atoms with Crippen LogP contribution in [0.2, 0.25) is 0 Å². The second-order valence-electron chi connectivity index (χ2n) is 4.65. The highest BCUT2D eigenvalue weighted by molar-refractivity contribution is 5.63. The quantitative estimate of drug-likeness (QED) is 0.828. The molecule has 0 saturated carbocycles. The Labute approximate surface area is 118 Å². The lowest BCUT2D eigenvalue weighted by molar-refractivity contribution is 0.153. The third-order valence-corrected chi connectivity index (χ3v) is 3.16. The summed E-state index contributed by atoms with van der Waals surface area (Å²) in [5.41, 5.74) is 3.15. The molecule has 0 amide bonds. The van der Waals surface area contributed by atoms with Gasteiger partial charge in [-0.3, -0.25) is 0 Å². The summed E-state index contributed by atoms with van der Waals surface area (Å²) in [6, 6.07) is 15.9. The summed E-state index contributed by atoms with van der Waals surface area (Å²) in [6.07, 6.45) is 0. The summed E-state index contributed by atoms with van der Waals surface area (Å²) in [6.45, 7) is 5.38. The Morgan fingerprint density at radius 2 is 1.85 bits per heavy atom. The maximum Gasteiger partial charge on any atom is 0.231 e. The fourth-order valence-corrected chi connectivity index (χ4v) is 2.08. The molecule has 0 atom stereocenters. The molecular formula is C17H16O3. The van der Waals surface area contributed by atoms with Crippen LogP contribution in [0.3, 0.4) is 0 Å². The second-order valence-corrected chi connectivity index (χ2v) is 4.65. The molecule has 1 aliphatic heterocycles. The average molecular weight is 268 g/mol. The van der Waals surface area contributed by atoms with E-state index in [1.807, 2.05) is 48.5 Å². The average Bonchev–Trinajstić information content (AvgIpc) is 2.95. The number of ether oxygens (including phenoxy) is 3. The van der Waals surface area contributed by atoms with Crippen molar-refractivity contribution in [3.05, 3.63) is 66.2 Å². The zero-order valence-electron chi connectivity index (χ0n) is 11.2. The van der Waals surface area contributed by atoms with E-state index in [1.165, 1.54) is 0 Å². The van der Waals surface area contributed by atoms with Crippen LogP contribution in [0.1, 0.15) is 11.1 Å². The molecule has 0 unspecified atom stereocenters. The van der Waals surface area contributed by atoms with Gasteiger partial charge in [0.05, 0.1) is 13.2 Å². The van der Waals surface area contributed by atoms with E-state index in [2.05, 4.69) is 6.58 Å². The van der Waals surface area contributed by atoms with Gasteiger partial charge in [0.1, 0.15) is 0 Å². The fraction of sp³-hybridized carbons (Fsp3) is 0.176. The lowest BCUT2D eigenvalue weighted by Gasteiger charge is -2.08. The van der Waals surface area contributed by atoms with Crippen LogP contribution >= 0.6 is 0 Å². The van der Waals surface area contributed by atoms with E-state index in [-0.39, 0.29) is 0 Å². The smallest absolute Gasteiger partial charge is 0.231 e. The minimum Gasteiger partial charge on any atom is -0.454 e. The highest BCUT2D eigenvalue weighted by Crippen LogP contribution is 2.32. The molecule has 0 fully saturated rings. The first-order valence-electron chi connectivity index (χ1n) is 6.52. The summed E-state index contributed by atoms with van der Waals surface area (Å²) in [5, 5.41) is 0. The molecule has 0 spiro atoms. The van der Waals surface area contributed by atoms with Crippen molar-refractivity contribution in [1.82, 2.24) is 0 Å². The molecule has 0 bridgehead atoms. The third-order valence-electron chi connectivity index (χ3n) is 3.16. The van der Waals surface area contributed by atoms with Gasteiger partial charge in [0.15, 0.2) is 11.5 Å². The molecule has 20 heavy (non-hydrogen) atoms. The molecular weight excluding hydrogens is 252 g/mol. The van der Waals surface area contributed by atoms with Gasteiger partial charge in [-0.15, -0.1) is 0 Å². The standard InChI is InChI=1S/C17H16O3/c1-13(15-5-3-2-4-6-15)10-18-11-14-7-8-16-17(9-14)20-12-19-16/h2-9H,1,10-12H2. The Morgan fingerprint density at radius 3 is 2.70 bits per heavy atom. The largest absolute Gasteiger partial charge is 0.454 e. The van der Waals surface area contributed by atoms with Gasteiger partial charge >= 0.3 is 0 Å². The van der Waals surface area contributed by atoms with Crippen molar-refractivity contribution in [3.8, 4) is 11.5 Å². The van der Waals surface area contributed by atoms with Crippen molar-refractivity contribution in [3.63, 3.8) is 0 Å². The SMILES string of the molecule is C=C(COCc1ccc2c(c1)OCO2)c1ccccc1. The predicted molar refractivity (Wildman–Crippen MR) is 77.7 cm³/mol. The van der Waals surface area contributed by atoms with E-state index in [9.17, 15) is 0 Å². The minimum atomic E-state index is 0.296. The van der Waals surface area contributed by atoms with Gasteiger partial charge in [-0.05, 0) is 28.8 Å². The van der Waals surface area contributed by atoms with E-state index in [1.54, 1.807) is 0 Å². The van der Waals surface area contributed by atoms with Crippen molar-refractivity contribution in [2.45, 2.75) is 6.61 Å². The van der Waals surface area contributed by atoms with Crippen molar-refractivity contribution in [1.29, 1.82) is 0 Å². The van der Waals surface area contributed by atoms with Gasteiger partial charge in [-0.2, -0.15) is 0 Å². The van der Waals surface area contributed by atoms with Crippen LogP contribution in [0.15, 0.2) is 55.1 Å². The highest BCUT2D eigenvalue weighted by Gasteiger charge is 2.13. The van der Waals surface area contributed by atoms with Gasteiger partial charge in [0.2, 0.25) is 6.79 Å². The van der Waals surface area contributed by atoms with Crippen LogP contribution in [-0.4, -0.2) is 13.4 Å². The second kappa shape index (κ2) is 5.80. The molecule has 3 rings (SSSR count). The maximum absolute atomic E-state index is 5.70. The lowest BCUT2D eigenvalue weighted by atomic mass is 10.1. The molecule has 0 N–H and O–H groups in total. The highest BCUT2D eigenvalue weighted by atomic mass is 16.7. The van der Waals surface area contributed by atoms with E-state index in [0.29, 0.717) is 20.0 Å². The van der Waals surface area contributed by atoms with Crippen molar-refractivity contribution in [2.24, 2.45) is 0 Å². The first-order chi connectivity index (χ1) is 9.83. The summed E-state index contributed by atoms with van der Waals surface area (Å²) < 4.78 is 16.3. The summed E-state index contributed by atoms with van der Waals surface area (Å²) in [7, 11) is 0. The van der Waals surface area contributed by atoms with Crippen LogP contribution in [0, 0.1) is 0 Å². The Hall–Kier alpha value is -2.26. The molecule has 1 aliphatic rings. The Balaban J connectivity index is 1.54. The van der Waals surface area contributed by atoms with E-state index in [0.717, 1.165) is 28.2 Å². The van der Waals surface area contributed by atoms with Crippen LogP contribution in [-0.2, 0) is 11.3 Å². The number of hydrogen-bond acceptors (Lipinski definition) is 3. The van der Waals surface area contributed by atoms with Crippen LogP contribution in [0.25, 0.3) is 5.57 Å². The zero-order valence-corrected chi connectivity index (χ0v) is 11.2. The fourth-order valence-electron chi connectivity index (χ4n) is 2.08. The van der Waals surface area contributed by atoms with Gasteiger partial charge in [0.25, 0.3) is 0 Å². The molecule has 0 saturated heterocycles. The molecule has 2 aromatic rings. The Morgan fingerprint density at radius 1 is 1.05 bits per heavy atom. The Bertz CT molecular complexity index is 605. The molecule has 0 radical (unpaired) electrons. The number of fused-ring (bicyclic) bond motifs is 1. The summed E-state index contributed by atoms with van der Waals surface area (Å²) in [5.74, 6) is 1.58. The van der Waals surface area contributed by atoms with Crippen molar-refractivity contribution in [2.75, 3.05) is 13.4 Å². The van der Waals surface area contributed by atoms with Gasteiger partial charge in [-0.1, -0.05) is 43.0 Å². The molecule has 2 aromatic carbocycles. The minimum absolute atomic E-state index is 0.296. The third kappa shape index (κ3) is 2.83. The summed E-state index contributed by atoms with van der Waals surface area (Å²) in [4.78, 5) is 0. The monoisotopic (exact) mass is 268 g/mol. The zero-order chi connectivity index (χ0) is 13.8. The predicted octanol–water partition coefficient (Wildman–Crippen LogP) is 3.65. The molecule has 3 heteroatoms. The molecule has 0 aromatic heterocycles. The number of hydrogen-bond donors (Lipinski definition) is 0. The molecule has 0 aliphatic carbocycles. The van der Waals surface area contributed by atoms with E-state index < -0.39 is 0 Å². The Kier molecular flexibility index (Phi) is 3.70. The molecule has 1 heterocycles. The number of rotatable bonds is 5. The van der Waals surface area contributed by atoms with Crippen LogP contribution in [0.5, 0.6) is 11.5 Å². The van der Waals surface area contributed by atoms with E-state index in [4.69, 9.17) is 14.2 Å². The normalized spacial score (nSPS) is 12.4. The van der Waals surface area contributed by atoms with Crippen LogP contribution < -0.4 is 9.47 Å². The van der Waals surface area contributed by atoms with Crippen LogP contribution in [0.4, 0.5) is 0 Å². The topological polar surface area (TPSA) is 27.7 Å². The van der Waals surface area contributed by atoms with Crippen molar-refractivity contribution >= 4 is 5.57 Å². The first-order valence-corrected chi connectivity index (χ1v) is 6.52. The van der Waals surface area contributed by atoms with Gasteiger partial charge < -0.3 is 14.2 Å². The number of benzene rings is 2. The summed E-state index contributed by atoms with van der Waals surface area (Å²) >= 11 is 0. The lowest BCUT2D eigenvalue weighted by Crippen LogP contribution is -1.97.